The molecule has 3 heterocycles. The number of Topliss-reactive ketones (excluding diaryl/α,β-unsaturated/α-hetero) is 1. The van der Waals surface area contributed by atoms with Gasteiger partial charge in [-0.2, -0.15) is 5.10 Å². The third kappa shape index (κ3) is 4.21. The minimum absolute atomic E-state index is 0.0966. The monoisotopic (exact) mass is 442 g/mol. The highest BCUT2D eigenvalue weighted by atomic mass is 32.1. The Morgan fingerprint density at radius 3 is 2.71 bits per heavy atom. The van der Waals surface area contributed by atoms with E-state index in [1.165, 1.54) is 23.5 Å². The highest BCUT2D eigenvalue weighted by Crippen LogP contribution is 2.33. The van der Waals surface area contributed by atoms with Crippen LogP contribution in [0.1, 0.15) is 30.3 Å². The second-order valence-corrected chi connectivity index (χ2v) is 8.37. The van der Waals surface area contributed by atoms with E-state index in [1.54, 1.807) is 37.8 Å². The number of H-pyrrole nitrogens is 1. The second kappa shape index (κ2) is 8.56. The minimum Gasteiger partial charge on any atom is -0.370 e. The molecular weight excluding hydrogens is 419 g/mol. The largest absolute Gasteiger partial charge is 0.370 e. The number of thiazole rings is 1. The Bertz CT molecular complexity index is 1090. The number of carbonyl (C=O) groups excluding carboxylic acids is 2. The molecule has 0 radical (unpaired) electrons. The number of piperidine rings is 1. The van der Waals surface area contributed by atoms with Gasteiger partial charge in [0.15, 0.2) is 0 Å². The Morgan fingerprint density at radius 1 is 1.29 bits per heavy atom. The first-order chi connectivity index (χ1) is 14.9. The van der Waals surface area contributed by atoms with Gasteiger partial charge >= 0.3 is 0 Å². The molecule has 1 aliphatic heterocycles. The Kier molecular flexibility index (Phi) is 5.84. The molecular formula is C21H23FN6O2S. The van der Waals surface area contributed by atoms with Crippen LogP contribution in [0.2, 0.25) is 0 Å². The molecule has 1 fully saturated rings. The van der Waals surface area contributed by atoms with E-state index < -0.39 is 5.54 Å². The Hall–Kier alpha value is -3.11. The van der Waals surface area contributed by atoms with Crippen molar-refractivity contribution in [3.63, 3.8) is 0 Å². The van der Waals surface area contributed by atoms with Gasteiger partial charge in [-0.15, -0.1) is 11.3 Å². The van der Waals surface area contributed by atoms with Crippen molar-refractivity contribution in [1.29, 1.82) is 0 Å². The summed E-state index contributed by atoms with van der Waals surface area (Å²) in [6.07, 6.45) is 4.55. The molecule has 3 N–H and O–H groups in total. The zero-order chi connectivity index (χ0) is 22.0. The molecule has 31 heavy (non-hydrogen) atoms. The third-order valence-corrected chi connectivity index (χ3v) is 6.69. The summed E-state index contributed by atoms with van der Waals surface area (Å²) in [7, 11) is 1.79. The van der Waals surface area contributed by atoms with Crippen LogP contribution in [-0.4, -0.2) is 52.5 Å². The fraction of sp³-hybridized carbons (Fsp3) is 0.333. The smallest absolute Gasteiger partial charge is 0.275 e. The molecule has 3 aromatic rings. The third-order valence-electron chi connectivity index (χ3n) is 5.80. The minimum atomic E-state index is -0.558. The summed E-state index contributed by atoms with van der Waals surface area (Å²) in [4.78, 5) is 31.3. The van der Waals surface area contributed by atoms with Crippen LogP contribution in [0.4, 0.5) is 15.8 Å². The number of halogens is 1. The molecule has 1 saturated heterocycles. The van der Waals surface area contributed by atoms with Crippen molar-refractivity contribution in [2.75, 3.05) is 30.4 Å². The zero-order valence-corrected chi connectivity index (χ0v) is 18.1. The normalized spacial score (nSPS) is 15.6. The fourth-order valence-electron chi connectivity index (χ4n) is 3.84. The SMILES string of the molecule is CNC1(C(C)=O)CCN(c2cc(F)ccc2NC(=O)c2csc(-c3cn[nH]c3)n2)CC1. The summed E-state index contributed by atoms with van der Waals surface area (Å²) in [5, 5.41) is 15.0. The maximum absolute atomic E-state index is 14.0. The fourth-order valence-corrected chi connectivity index (χ4v) is 4.63. The van der Waals surface area contributed by atoms with Crippen molar-refractivity contribution in [2.45, 2.75) is 25.3 Å². The molecule has 1 aliphatic rings. The molecule has 0 atom stereocenters. The number of likely N-dealkylation sites (N-methyl/N-ethyl adjacent to an activating group) is 1. The lowest BCUT2D eigenvalue weighted by Gasteiger charge is -2.41. The predicted molar refractivity (Wildman–Crippen MR) is 118 cm³/mol. The van der Waals surface area contributed by atoms with Gasteiger partial charge in [-0.1, -0.05) is 0 Å². The molecule has 0 aliphatic carbocycles. The van der Waals surface area contributed by atoms with Crippen LogP contribution in [0.3, 0.4) is 0 Å². The summed E-state index contributed by atoms with van der Waals surface area (Å²) in [6, 6.07) is 4.28. The summed E-state index contributed by atoms with van der Waals surface area (Å²) >= 11 is 1.34. The molecule has 8 nitrogen and oxygen atoms in total. The Balaban J connectivity index is 1.53. The number of rotatable bonds is 6. The van der Waals surface area contributed by atoms with Crippen LogP contribution in [0.5, 0.6) is 0 Å². The lowest BCUT2D eigenvalue weighted by molar-refractivity contribution is -0.123. The van der Waals surface area contributed by atoms with E-state index >= 15 is 0 Å². The van der Waals surface area contributed by atoms with E-state index in [0.29, 0.717) is 42.3 Å². The number of nitrogens with zero attached hydrogens (tertiary/aromatic N) is 3. The van der Waals surface area contributed by atoms with Crippen LogP contribution < -0.4 is 15.5 Å². The average molecular weight is 443 g/mol. The summed E-state index contributed by atoms with van der Waals surface area (Å²) in [5.41, 5.74) is 1.62. The maximum atomic E-state index is 14.0. The first kappa shape index (κ1) is 21.1. The predicted octanol–water partition coefficient (Wildman–Crippen LogP) is 3.07. The molecule has 0 saturated carbocycles. The molecule has 0 unspecified atom stereocenters. The van der Waals surface area contributed by atoms with Crippen LogP contribution in [0, 0.1) is 5.82 Å². The number of carbonyl (C=O) groups is 2. The van der Waals surface area contributed by atoms with Gasteiger partial charge in [0.05, 0.1) is 23.1 Å². The lowest BCUT2D eigenvalue weighted by Crippen LogP contribution is -2.56. The van der Waals surface area contributed by atoms with E-state index in [-0.39, 0.29) is 23.2 Å². The highest BCUT2D eigenvalue weighted by Gasteiger charge is 2.37. The van der Waals surface area contributed by atoms with Gasteiger partial charge in [-0.05, 0) is 45.0 Å². The van der Waals surface area contributed by atoms with Crippen LogP contribution in [0.25, 0.3) is 10.6 Å². The summed E-state index contributed by atoms with van der Waals surface area (Å²) < 4.78 is 14.0. The molecule has 2 aromatic heterocycles. The van der Waals surface area contributed by atoms with Gasteiger partial charge in [0, 0.05) is 30.2 Å². The van der Waals surface area contributed by atoms with E-state index in [0.717, 1.165) is 5.56 Å². The van der Waals surface area contributed by atoms with Crippen molar-refractivity contribution in [3.05, 3.63) is 47.5 Å². The van der Waals surface area contributed by atoms with Gasteiger partial charge in [0.2, 0.25) is 0 Å². The maximum Gasteiger partial charge on any atom is 0.275 e. The number of nitrogens with one attached hydrogen (secondary N) is 3. The van der Waals surface area contributed by atoms with E-state index in [9.17, 15) is 14.0 Å². The molecule has 4 rings (SSSR count). The van der Waals surface area contributed by atoms with Gasteiger partial charge in [-0.25, -0.2) is 9.37 Å². The number of anilines is 2. The second-order valence-electron chi connectivity index (χ2n) is 7.52. The highest BCUT2D eigenvalue weighted by molar-refractivity contribution is 7.13. The quantitative estimate of drug-likeness (QED) is 0.542. The Morgan fingerprint density at radius 2 is 2.06 bits per heavy atom. The molecule has 10 heteroatoms. The Labute approximate surface area is 182 Å². The van der Waals surface area contributed by atoms with Gasteiger partial charge < -0.3 is 15.5 Å². The lowest BCUT2D eigenvalue weighted by atomic mass is 9.84. The molecule has 1 amide bonds. The number of ketones is 1. The molecule has 0 spiro atoms. The van der Waals surface area contributed by atoms with Crippen molar-refractivity contribution in [2.24, 2.45) is 0 Å². The molecule has 162 valence electrons. The average Bonchev–Trinajstić information content (AvgIpc) is 3.47. The summed E-state index contributed by atoms with van der Waals surface area (Å²) in [6.45, 7) is 2.72. The topological polar surface area (TPSA) is 103 Å². The number of benzene rings is 1. The molecule has 1 aromatic carbocycles. The van der Waals surface area contributed by atoms with Gasteiger partial charge in [0.1, 0.15) is 22.3 Å². The number of hydrogen-bond donors (Lipinski definition) is 3. The zero-order valence-electron chi connectivity index (χ0n) is 17.2. The first-order valence-electron chi connectivity index (χ1n) is 9.92. The van der Waals surface area contributed by atoms with Crippen molar-refractivity contribution in [1.82, 2.24) is 20.5 Å². The number of amides is 1. The number of hydrogen-bond acceptors (Lipinski definition) is 7. The van der Waals surface area contributed by atoms with Crippen molar-refractivity contribution in [3.8, 4) is 10.6 Å². The summed E-state index contributed by atoms with van der Waals surface area (Å²) in [5.74, 6) is -0.663. The van der Waals surface area contributed by atoms with Crippen molar-refractivity contribution < 1.29 is 14.0 Å². The van der Waals surface area contributed by atoms with E-state index in [4.69, 9.17) is 0 Å². The van der Waals surface area contributed by atoms with Gasteiger partial charge in [0.25, 0.3) is 5.91 Å². The number of aromatic amines is 1. The van der Waals surface area contributed by atoms with Crippen LogP contribution in [0.15, 0.2) is 36.0 Å². The van der Waals surface area contributed by atoms with E-state index in [2.05, 4.69) is 25.8 Å². The van der Waals surface area contributed by atoms with Gasteiger partial charge in [-0.3, -0.25) is 14.7 Å². The van der Waals surface area contributed by atoms with E-state index in [1.807, 2.05) is 4.90 Å². The van der Waals surface area contributed by atoms with Crippen LogP contribution >= 0.6 is 11.3 Å². The molecule has 0 bridgehead atoms. The van der Waals surface area contributed by atoms with Crippen LogP contribution in [-0.2, 0) is 4.79 Å². The first-order valence-corrected chi connectivity index (χ1v) is 10.8. The number of aromatic nitrogens is 3. The van der Waals surface area contributed by atoms with Crippen molar-refractivity contribution >= 4 is 34.4 Å². The standard InChI is InChI=1S/C21H23FN6O2S/c1-13(29)21(23-2)5-7-28(8-6-21)18-9-15(22)3-4-16(18)26-19(30)17-12-31-20(27-17)14-10-24-25-11-14/h3-4,9-12,23H,5-8H2,1-2H3,(H,24,25)(H,26,30).